The largest absolute Gasteiger partial charge is 0.395 e. The van der Waals surface area contributed by atoms with Gasteiger partial charge in [0.25, 0.3) is 0 Å². The number of anilines is 1. The molecule has 0 spiro atoms. The molecule has 0 saturated carbocycles. The van der Waals surface area contributed by atoms with E-state index in [2.05, 4.69) is 9.97 Å². The number of hydrogen-bond acceptors (Lipinski definition) is 5. The van der Waals surface area contributed by atoms with Crippen molar-refractivity contribution in [3.8, 4) is 0 Å². The van der Waals surface area contributed by atoms with Gasteiger partial charge in [-0.05, 0) is 25.4 Å². The van der Waals surface area contributed by atoms with Crippen LogP contribution in [0.4, 0.5) is 5.69 Å². The van der Waals surface area contributed by atoms with E-state index in [-0.39, 0.29) is 10.5 Å². The van der Waals surface area contributed by atoms with Crippen molar-refractivity contribution < 1.29 is 5.11 Å². The van der Waals surface area contributed by atoms with Crippen molar-refractivity contribution in [2.24, 2.45) is 0 Å². The average Bonchev–Trinajstić information content (AvgIpc) is 2.13. The summed E-state index contributed by atoms with van der Waals surface area (Å²) < 4.78 is 0. The molecule has 15 heavy (non-hydrogen) atoms. The van der Waals surface area contributed by atoms with Crippen LogP contribution in [0, 0.1) is 6.92 Å². The highest BCUT2D eigenvalue weighted by molar-refractivity contribution is 8.00. The van der Waals surface area contributed by atoms with Crippen LogP contribution < -0.4 is 5.73 Å². The number of nitrogens with two attached hydrogens (primary N) is 1. The summed E-state index contributed by atoms with van der Waals surface area (Å²) in [6.07, 6.45) is -0.427. The first kappa shape index (κ1) is 12.5. The Hall–Kier alpha value is -0.520. The number of aliphatic hydroxyl groups is 1. The van der Waals surface area contributed by atoms with Gasteiger partial charge in [-0.1, -0.05) is 18.7 Å². The third-order valence-corrected chi connectivity index (χ3v) is 3.52. The van der Waals surface area contributed by atoms with Gasteiger partial charge < -0.3 is 10.8 Å². The summed E-state index contributed by atoms with van der Waals surface area (Å²) in [7, 11) is 0. The van der Waals surface area contributed by atoms with Crippen LogP contribution in [0.15, 0.2) is 5.03 Å². The maximum Gasteiger partial charge on any atom is 0.223 e. The molecule has 3 N–H and O–H groups in total. The highest BCUT2D eigenvalue weighted by atomic mass is 35.5. The smallest absolute Gasteiger partial charge is 0.223 e. The summed E-state index contributed by atoms with van der Waals surface area (Å²) in [6, 6.07) is 0. The molecule has 0 saturated heterocycles. The quantitative estimate of drug-likeness (QED) is 0.485. The van der Waals surface area contributed by atoms with Gasteiger partial charge in [0.1, 0.15) is 5.03 Å². The Morgan fingerprint density at radius 2 is 2.00 bits per heavy atom. The van der Waals surface area contributed by atoms with Crippen LogP contribution in [0.3, 0.4) is 0 Å². The number of nitrogen functional groups attached to an aromatic ring is 1. The van der Waals surface area contributed by atoms with Gasteiger partial charge in [-0.2, -0.15) is 0 Å². The second kappa shape index (κ2) is 5.01. The molecule has 2 atom stereocenters. The van der Waals surface area contributed by atoms with Gasteiger partial charge in [0, 0.05) is 5.25 Å². The molecule has 84 valence electrons. The summed E-state index contributed by atoms with van der Waals surface area (Å²) in [5.41, 5.74) is 7.00. The zero-order valence-electron chi connectivity index (χ0n) is 8.86. The van der Waals surface area contributed by atoms with E-state index in [9.17, 15) is 5.11 Å². The highest BCUT2D eigenvalue weighted by Gasteiger charge is 2.15. The molecule has 1 rings (SSSR count). The fraction of sp³-hybridized carbons (Fsp3) is 0.556. The molecule has 0 fully saturated rings. The number of aryl methyl sites for hydroxylation is 1. The molecule has 0 bridgehead atoms. The van der Waals surface area contributed by atoms with Crippen LogP contribution in [0.25, 0.3) is 0 Å². The maximum absolute atomic E-state index is 9.37. The van der Waals surface area contributed by atoms with E-state index in [1.54, 1.807) is 13.8 Å². The summed E-state index contributed by atoms with van der Waals surface area (Å²) in [4.78, 5) is 7.98. The predicted molar refractivity (Wildman–Crippen MR) is 63.2 cm³/mol. The Morgan fingerprint density at radius 3 is 2.53 bits per heavy atom. The SMILES string of the molecule is Cc1nc(Cl)nc(SC(C)C(C)O)c1N. The van der Waals surface area contributed by atoms with Crippen LogP contribution in [-0.2, 0) is 0 Å². The molecule has 6 heteroatoms. The van der Waals surface area contributed by atoms with Crippen LogP contribution in [-0.4, -0.2) is 26.4 Å². The Labute approximate surface area is 98.3 Å². The number of aromatic nitrogens is 2. The Kier molecular flexibility index (Phi) is 4.19. The fourth-order valence-electron chi connectivity index (χ4n) is 0.887. The van der Waals surface area contributed by atoms with E-state index in [4.69, 9.17) is 17.3 Å². The van der Waals surface area contributed by atoms with E-state index in [0.29, 0.717) is 16.4 Å². The molecular weight excluding hydrogens is 234 g/mol. The van der Waals surface area contributed by atoms with Crippen molar-refractivity contribution in [3.63, 3.8) is 0 Å². The first-order valence-corrected chi connectivity index (χ1v) is 5.82. The Balaban J connectivity index is 2.94. The van der Waals surface area contributed by atoms with Crippen molar-refractivity contribution in [2.45, 2.75) is 37.2 Å². The Morgan fingerprint density at radius 1 is 1.40 bits per heavy atom. The minimum absolute atomic E-state index is 0.0117. The van der Waals surface area contributed by atoms with Gasteiger partial charge in [-0.15, -0.1) is 0 Å². The molecule has 0 aliphatic carbocycles. The summed E-state index contributed by atoms with van der Waals surface area (Å²) in [5, 5.41) is 10.2. The molecule has 0 aromatic carbocycles. The average molecular weight is 248 g/mol. The van der Waals surface area contributed by atoms with Gasteiger partial charge in [0.15, 0.2) is 0 Å². The molecule has 1 aromatic rings. The summed E-state index contributed by atoms with van der Waals surface area (Å²) in [5.74, 6) is 0. The highest BCUT2D eigenvalue weighted by Crippen LogP contribution is 2.30. The van der Waals surface area contributed by atoms with Crippen molar-refractivity contribution in [2.75, 3.05) is 5.73 Å². The minimum Gasteiger partial charge on any atom is -0.395 e. The van der Waals surface area contributed by atoms with Crippen LogP contribution in [0.2, 0.25) is 5.28 Å². The van der Waals surface area contributed by atoms with Gasteiger partial charge in [0.2, 0.25) is 5.28 Å². The van der Waals surface area contributed by atoms with Gasteiger partial charge in [0.05, 0.1) is 17.5 Å². The van der Waals surface area contributed by atoms with Gasteiger partial charge in [-0.25, -0.2) is 9.97 Å². The molecule has 0 radical (unpaired) electrons. The van der Waals surface area contributed by atoms with Crippen LogP contribution in [0.5, 0.6) is 0 Å². The molecular formula is C9H14ClN3OS. The summed E-state index contributed by atoms with van der Waals surface area (Å²) >= 11 is 7.13. The zero-order chi connectivity index (χ0) is 11.6. The Bertz CT molecular complexity index is 359. The fourth-order valence-corrected chi connectivity index (χ4v) is 2.11. The van der Waals surface area contributed by atoms with Crippen molar-refractivity contribution >= 4 is 29.1 Å². The number of thioether (sulfide) groups is 1. The molecule has 2 unspecified atom stereocenters. The monoisotopic (exact) mass is 247 g/mol. The lowest BCUT2D eigenvalue weighted by atomic mass is 10.3. The first-order valence-electron chi connectivity index (χ1n) is 4.56. The summed E-state index contributed by atoms with van der Waals surface area (Å²) in [6.45, 7) is 5.41. The molecule has 0 aliphatic rings. The second-order valence-corrected chi connectivity index (χ2v) is 5.06. The molecule has 0 aliphatic heterocycles. The van der Waals surface area contributed by atoms with Crippen molar-refractivity contribution in [1.82, 2.24) is 9.97 Å². The topological polar surface area (TPSA) is 72.0 Å². The molecule has 1 heterocycles. The predicted octanol–water partition coefficient (Wildman–Crippen LogP) is 1.88. The lowest BCUT2D eigenvalue weighted by Crippen LogP contribution is -2.16. The van der Waals surface area contributed by atoms with E-state index < -0.39 is 6.10 Å². The van der Waals surface area contributed by atoms with Crippen molar-refractivity contribution in [1.29, 1.82) is 0 Å². The van der Waals surface area contributed by atoms with E-state index in [1.807, 2.05) is 6.92 Å². The van der Waals surface area contributed by atoms with Gasteiger partial charge >= 0.3 is 0 Å². The third kappa shape index (κ3) is 3.22. The lowest BCUT2D eigenvalue weighted by molar-refractivity contribution is 0.196. The molecule has 1 aromatic heterocycles. The zero-order valence-corrected chi connectivity index (χ0v) is 10.4. The minimum atomic E-state index is -0.427. The van der Waals surface area contributed by atoms with E-state index >= 15 is 0 Å². The van der Waals surface area contributed by atoms with Crippen molar-refractivity contribution in [3.05, 3.63) is 11.0 Å². The number of halogens is 1. The number of hydrogen-bond donors (Lipinski definition) is 2. The number of rotatable bonds is 3. The molecule has 0 amide bonds. The van der Waals surface area contributed by atoms with E-state index in [1.165, 1.54) is 11.8 Å². The van der Waals surface area contributed by atoms with Gasteiger partial charge in [-0.3, -0.25) is 0 Å². The first-order chi connectivity index (χ1) is 6.91. The maximum atomic E-state index is 9.37. The van der Waals surface area contributed by atoms with E-state index in [0.717, 1.165) is 0 Å². The molecule has 4 nitrogen and oxygen atoms in total. The third-order valence-electron chi connectivity index (χ3n) is 2.05. The lowest BCUT2D eigenvalue weighted by Gasteiger charge is -2.15. The normalized spacial score (nSPS) is 15.0. The second-order valence-electron chi connectivity index (χ2n) is 3.36. The number of nitrogens with zero attached hydrogens (tertiary/aromatic N) is 2. The van der Waals surface area contributed by atoms with Crippen LogP contribution >= 0.6 is 23.4 Å². The number of aliphatic hydroxyl groups excluding tert-OH is 1. The standard InChI is InChI=1S/C9H14ClN3OS/c1-4-7(11)8(13-9(10)12-4)15-6(3)5(2)14/h5-6,14H,11H2,1-3H3. The van der Waals surface area contributed by atoms with Crippen LogP contribution in [0.1, 0.15) is 19.5 Å².